The van der Waals surface area contributed by atoms with Gasteiger partial charge in [-0.3, -0.25) is 4.68 Å². The fourth-order valence-corrected chi connectivity index (χ4v) is 2.79. The van der Waals surface area contributed by atoms with Crippen LogP contribution in [0.5, 0.6) is 5.75 Å². The maximum Gasteiger partial charge on any atom is 0.170 e. The lowest BCUT2D eigenvalue weighted by molar-refractivity contribution is 0.417. The molecule has 0 bridgehead atoms. The molecule has 8 heteroatoms. The Morgan fingerprint density at radius 3 is 2.71 bits per heavy atom. The summed E-state index contributed by atoms with van der Waals surface area (Å²) >= 11 is 17.4. The average Bonchev–Trinajstić information content (AvgIpc) is 2.79. The van der Waals surface area contributed by atoms with Gasteiger partial charge in [-0.25, -0.2) is 0 Å². The van der Waals surface area contributed by atoms with E-state index in [4.69, 9.17) is 40.2 Å². The molecule has 2 rings (SSSR count). The summed E-state index contributed by atoms with van der Waals surface area (Å²) in [7, 11) is 1.60. The van der Waals surface area contributed by atoms with Crippen LogP contribution in [0.15, 0.2) is 18.2 Å². The summed E-state index contributed by atoms with van der Waals surface area (Å²) < 4.78 is 7.19. The molecule has 0 fully saturated rings. The summed E-state index contributed by atoms with van der Waals surface area (Å²) in [6.07, 6.45) is 0.868. The minimum Gasteiger partial charge on any atom is -0.495 e. The van der Waals surface area contributed by atoms with Crippen molar-refractivity contribution in [2.45, 2.75) is 26.8 Å². The molecule has 5 nitrogen and oxygen atoms in total. The molecule has 2 N–H and O–H groups in total. The predicted molar refractivity (Wildman–Crippen MR) is 104 cm³/mol. The number of anilines is 1. The highest BCUT2D eigenvalue weighted by molar-refractivity contribution is 7.80. The minimum atomic E-state index is 0.516. The summed E-state index contributed by atoms with van der Waals surface area (Å²) in [5.41, 5.74) is 2.57. The smallest absolute Gasteiger partial charge is 0.170 e. The Morgan fingerprint density at radius 1 is 1.33 bits per heavy atom. The highest BCUT2D eigenvalue weighted by Crippen LogP contribution is 2.27. The Hall–Kier alpha value is -1.50. The summed E-state index contributed by atoms with van der Waals surface area (Å²) in [6, 6.07) is 5.33. The second-order valence-corrected chi connectivity index (χ2v) is 6.51. The molecule has 0 atom stereocenters. The highest BCUT2D eigenvalue weighted by atomic mass is 35.5. The first kappa shape index (κ1) is 18.8. The van der Waals surface area contributed by atoms with E-state index >= 15 is 0 Å². The van der Waals surface area contributed by atoms with Gasteiger partial charge in [0, 0.05) is 18.1 Å². The van der Waals surface area contributed by atoms with Crippen molar-refractivity contribution in [1.29, 1.82) is 0 Å². The molecule has 2 aromatic rings. The molecule has 0 saturated heterocycles. The van der Waals surface area contributed by atoms with Gasteiger partial charge in [-0.2, -0.15) is 5.10 Å². The third-order valence-corrected chi connectivity index (χ3v) is 4.56. The number of hydrogen-bond donors (Lipinski definition) is 2. The number of benzene rings is 1. The van der Waals surface area contributed by atoms with E-state index in [2.05, 4.69) is 15.7 Å². The zero-order valence-electron chi connectivity index (χ0n) is 13.8. The van der Waals surface area contributed by atoms with E-state index < -0.39 is 0 Å². The molecule has 0 amide bonds. The topological polar surface area (TPSA) is 51.1 Å². The maximum absolute atomic E-state index is 6.14. The van der Waals surface area contributed by atoms with Crippen molar-refractivity contribution in [2.24, 2.45) is 0 Å². The normalized spacial score (nSPS) is 10.5. The fraction of sp³-hybridized carbons (Fsp3) is 0.375. The van der Waals surface area contributed by atoms with Gasteiger partial charge >= 0.3 is 0 Å². The maximum atomic E-state index is 6.14. The van der Waals surface area contributed by atoms with Crippen LogP contribution in [0.2, 0.25) is 10.0 Å². The molecule has 0 aliphatic carbocycles. The molecule has 24 heavy (non-hydrogen) atoms. The zero-order valence-corrected chi connectivity index (χ0v) is 16.1. The molecule has 1 aromatic carbocycles. The summed E-state index contributed by atoms with van der Waals surface area (Å²) in [6.45, 7) is 5.36. The SMILES string of the molecule is COc1ccc(Cl)cc1NC(=S)NCCCn1nc(C)c(Cl)c1C. The van der Waals surface area contributed by atoms with Crippen LogP contribution in [0.4, 0.5) is 5.69 Å². The molecule has 1 heterocycles. The predicted octanol–water partition coefficient (Wildman–Crippen LogP) is 4.19. The van der Waals surface area contributed by atoms with E-state index in [1.165, 1.54) is 0 Å². The number of methoxy groups -OCH3 is 1. The van der Waals surface area contributed by atoms with Gasteiger partial charge in [0.1, 0.15) is 5.75 Å². The first-order valence-corrected chi connectivity index (χ1v) is 8.66. The summed E-state index contributed by atoms with van der Waals surface area (Å²) in [5, 5.41) is 12.5. The quantitative estimate of drug-likeness (QED) is 0.575. The molecule has 1 aromatic heterocycles. The Balaban J connectivity index is 1.81. The third-order valence-electron chi connectivity index (χ3n) is 3.54. The first-order chi connectivity index (χ1) is 11.4. The Labute approximate surface area is 157 Å². The molecule has 0 saturated carbocycles. The zero-order chi connectivity index (χ0) is 17.7. The molecule has 0 aliphatic heterocycles. The van der Waals surface area contributed by atoms with E-state index in [0.717, 1.165) is 35.1 Å². The number of hydrogen-bond acceptors (Lipinski definition) is 3. The third kappa shape index (κ3) is 4.75. The van der Waals surface area contributed by atoms with Crippen molar-refractivity contribution in [3.63, 3.8) is 0 Å². The number of aromatic nitrogens is 2. The lowest BCUT2D eigenvalue weighted by Crippen LogP contribution is -2.30. The van der Waals surface area contributed by atoms with Crippen LogP contribution < -0.4 is 15.4 Å². The van der Waals surface area contributed by atoms with Crippen LogP contribution >= 0.6 is 35.4 Å². The van der Waals surface area contributed by atoms with E-state index in [0.29, 0.717) is 22.4 Å². The first-order valence-electron chi connectivity index (χ1n) is 7.50. The molecule has 130 valence electrons. The van der Waals surface area contributed by atoms with Gasteiger partial charge in [-0.1, -0.05) is 23.2 Å². The fourth-order valence-electron chi connectivity index (χ4n) is 2.27. The van der Waals surface area contributed by atoms with Gasteiger partial charge in [0.15, 0.2) is 5.11 Å². The Morgan fingerprint density at radius 2 is 2.08 bits per heavy atom. The van der Waals surface area contributed by atoms with Gasteiger partial charge in [0.2, 0.25) is 0 Å². The number of nitrogens with one attached hydrogen (secondary N) is 2. The van der Waals surface area contributed by atoms with Crippen LogP contribution in [-0.2, 0) is 6.54 Å². The van der Waals surface area contributed by atoms with Crippen LogP contribution in [0, 0.1) is 13.8 Å². The second kappa shape index (κ2) is 8.55. The van der Waals surface area contributed by atoms with Gasteiger partial charge in [-0.15, -0.1) is 0 Å². The van der Waals surface area contributed by atoms with Crippen LogP contribution in [0.25, 0.3) is 0 Å². The number of halogens is 2. The Bertz CT molecular complexity index is 733. The summed E-state index contributed by atoms with van der Waals surface area (Å²) in [5.74, 6) is 0.681. The van der Waals surface area contributed by atoms with E-state index in [1.807, 2.05) is 18.5 Å². The highest BCUT2D eigenvalue weighted by Gasteiger charge is 2.09. The largest absolute Gasteiger partial charge is 0.495 e. The number of rotatable bonds is 6. The molecule has 0 aliphatic rings. The molecule has 0 spiro atoms. The van der Waals surface area contributed by atoms with Gasteiger partial charge in [0.25, 0.3) is 0 Å². The van der Waals surface area contributed by atoms with E-state index in [9.17, 15) is 0 Å². The van der Waals surface area contributed by atoms with Crippen LogP contribution in [0.3, 0.4) is 0 Å². The molecular formula is C16H20Cl2N4OS. The number of aryl methyl sites for hydroxylation is 2. The van der Waals surface area contributed by atoms with Crippen molar-refractivity contribution in [3.8, 4) is 5.75 Å². The van der Waals surface area contributed by atoms with Crippen LogP contribution in [0.1, 0.15) is 17.8 Å². The Kier molecular flexibility index (Phi) is 6.71. The van der Waals surface area contributed by atoms with E-state index in [1.54, 1.807) is 25.3 Å². The van der Waals surface area contributed by atoms with Gasteiger partial charge in [-0.05, 0) is 50.7 Å². The number of nitrogens with zero attached hydrogens (tertiary/aromatic N) is 2. The molecular weight excluding hydrogens is 367 g/mol. The minimum absolute atomic E-state index is 0.516. The second-order valence-electron chi connectivity index (χ2n) is 5.29. The summed E-state index contributed by atoms with van der Waals surface area (Å²) in [4.78, 5) is 0. The number of ether oxygens (including phenoxy) is 1. The van der Waals surface area contributed by atoms with Crippen molar-refractivity contribution >= 4 is 46.2 Å². The number of thiocarbonyl (C=S) groups is 1. The lowest BCUT2D eigenvalue weighted by atomic mass is 10.3. The van der Waals surface area contributed by atoms with Crippen molar-refractivity contribution in [3.05, 3.63) is 39.6 Å². The van der Waals surface area contributed by atoms with E-state index in [-0.39, 0.29) is 0 Å². The van der Waals surface area contributed by atoms with Gasteiger partial charge < -0.3 is 15.4 Å². The molecule has 0 radical (unpaired) electrons. The van der Waals surface area contributed by atoms with Crippen LogP contribution in [-0.4, -0.2) is 28.5 Å². The van der Waals surface area contributed by atoms with Crippen molar-refractivity contribution in [1.82, 2.24) is 15.1 Å². The monoisotopic (exact) mass is 386 g/mol. The standard InChI is InChI=1S/C16H20Cl2N4OS/c1-10-15(18)11(2)22(21-10)8-4-7-19-16(24)20-13-9-12(17)5-6-14(13)23-3/h5-6,9H,4,7-8H2,1-3H3,(H2,19,20,24). The van der Waals surface area contributed by atoms with Gasteiger partial charge in [0.05, 0.1) is 29.2 Å². The molecule has 0 unspecified atom stereocenters. The lowest BCUT2D eigenvalue weighted by Gasteiger charge is -2.14. The average molecular weight is 387 g/mol. The van der Waals surface area contributed by atoms with Crippen molar-refractivity contribution in [2.75, 3.05) is 19.0 Å². The van der Waals surface area contributed by atoms with Crippen molar-refractivity contribution < 1.29 is 4.74 Å².